The van der Waals surface area contributed by atoms with Crippen LogP contribution in [-0.2, 0) is 24.9 Å². The molecule has 0 spiro atoms. The fraction of sp³-hybridized carbons (Fsp3) is 0.400. The van der Waals surface area contributed by atoms with Crippen molar-refractivity contribution in [3.63, 3.8) is 0 Å². The molecule has 0 fully saturated rings. The number of nitrogens with zero attached hydrogens (tertiary/aromatic N) is 4. The molecule has 7 nitrogen and oxygen atoms in total. The first-order chi connectivity index (χ1) is 19.1. The van der Waals surface area contributed by atoms with Crippen LogP contribution < -0.4 is 10.2 Å². The number of aryl methyl sites for hydroxylation is 2. The zero-order chi connectivity index (χ0) is 28.6. The summed E-state index contributed by atoms with van der Waals surface area (Å²) in [6.07, 6.45) is 11.1. The van der Waals surface area contributed by atoms with Crippen molar-refractivity contribution >= 4 is 38.2 Å². The Balaban J connectivity index is 1.53. The SMILES string of the molecule is CNC(=O)c1cn(COCCS(C)(C)C)c2ccc(N3CCCc4cc(-c5cnn(C)c5)c(C(F)F)cc43)cc12. The van der Waals surface area contributed by atoms with Crippen molar-refractivity contribution in [3.05, 3.63) is 65.6 Å². The van der Waals surface area contributed by atoms with Crippen LogP contribution in [-0.4, -0.2) is 65.0 Å². The smallest absolute Gasteiger partial charge is 0.264 e. The highest BCUT2D eigenvalue weighted by molar-refractivity contribution is 8.32. The van der Waals surface area contributed by atoms with Crippen LogP contribution in [0, 0.1) is 0 Å². The van der Waals surface area contributed by atoms with E-state index in [0.29, 0.717) is 36.6 Å². The van der Waals surface area contributed by atoms with Gasteiger partial charge in [0.25, 0.3) is 12.3 Å². The highest BCUT2D eigenvalue weighted by atomic mass is 32.3. The van der Waals surface area contributed by atoms with Gasteiger partial charge in [0.05, 0.1) is 23.9 Å². The summed E-state index contributed by atoms with van der Waals surface area (Å²) < 4.78 is 38.2. The van der Waals surface area contributed by atoms with Crippen LogP contribution in [0.25, 0.3) is 22.0 Å². The number of rotatable bonds is 9. The van der Waals surface area contributed by atoms with Crippen molar-refractivity contribution in [1.29, 1.82) is 0 Å². The number of ether oxygens (including phenoxy) is 1. The Bertz CT molecular complexity index is 1540. The molecule has 4 aromatic rings. The van der Waals surface area contributed by atoms with Gasteiger partial charge in [0.2, 0.25) is 0 Å². The Kier molecular flexibility index (Phi) is 7.92. The third-order valence-electron chi connectivity index (χ3n) is 7.34. The maximum Gasteiger partial charge on any atom is 0.264 e. The number of hydrogen-bond donors (Lipinski definition) is 1. The van der Waals surface area contributed by atoms with E-state index in [9.17, 15) is 13.6 Å². The molecule has 1 amide bonds. The minimum absolute atomic E-state index is 0.00817. The molecule has 1 aliphatic heterocycles. The van der Waals surface area contributed by atoms with Crippen LogP contribution in [0.3, 0.4) is 0 Å². The molecule has 40 heavy (non-hydrogen) atoms. The zero-order valence-corrected chi connectivity index (χ0v) is 24.5. The van der Waals surface area contributed by atoms with Gasteiger partial charge in [-0.1, -0.05) is 0 Å². The molecule has 3 heterocycles. The number of hydrogen-bond acceptors (Lipinski definition) is 4. The number of nitrogens with one attached hydrogen (secondary N) is 1. The van der Waals surface area contributed by atoms with Crippen molar-refractivity contribution < 1.29 is 18.3 Å². The van der Waals surface area contributed by atoms with Crippen LogP contribution in [0.4, 0.5) is 20.2 Å². The van der Waals surface area contributed by atoms with E-state index < -0.39 is 16.5 Å². The summed E-state index contributed by atoms with van der Waals surface area (Å²) in [6.45, 7) is 1.70. The van der Waals surface area contributed by atoms with Crippen LogP contribution in [0.5, 0.6) is 0 Å². The Morgan fingerprint density at radius 3 is 2.65 bits per heavy atom. The molecule has 10 heteroatoms. The maximum atomic E-state index is 14.3. The normalized spacial score (nSPS) is 14.2. The monoisotopic (exact) mass is 569 g/mol. The van der Waals surface area contributed by atoms with Crippen molar-refractivity contribution in [2.45, 2.75) is 26.0 Å². The fourth-order valence-electron chi connectivity index (χ4n) is 5.26. The zero-order valence-electron chi connectivity index (χ0n) is 23.7. The third kappa shape index (κ3) is 5.74. The number of amides is 1. The van der Waals surface area contributed by atoms with Gasteiger partial charge in [0.1, 0.15) is 6.73 Å². The molecule has 2 aromatic heterocycles. The van der Waals surface area contributed by atoms with Gasteiger partial charge in [-0.15, -0.1) is 0 Å². The maximum absolute atomic E-state index is 14.3. The van der Waals surface area contributed by atoms with E-state index in [1.165, 1.54) is 0 Å². The lowest BCUT2D eigenvalue weighted by molar-refractivity contribution is 0.0917. The average Bonchev–Trinajstić information content (AvgIpc) is 3.52. The van der Waals surface area contributed by atoms with E-state index in [-0.39, 0.29) is 11.5 Å². The highest BCUT2D eigenvalue weighted by Crippen LogP contribution is 2.42. The van der Waals surface area contributed by atoms with Crippen molar-refractivity contribution in [1.82, 2.24) is 19.7 Å². The predicted molar refractivity (Wildman–Crippen MR) is 160 cm³/mol. The highest BCUT2D eigenvalue weighted by Gasteiger charge is 2.25. The standard InChI is InChI=1S/C30H37F2N5O2S/c1-33-30(38)26-18-36(19-39-11-12-40(3,4)5)27-9-8-22(14-24(26)27)37-10-6-7-20-13-23(21-16-34-35(2)17-21)25(29(31)32)15-28(20)37/h8-9,13-18,29H,6-7,10-12,19H2,1-5H3,(H,33,38). The topological polar surface area (TPSA) is 64.3 Å². The molecule has 2 aromatic carbocycles. The second kappa shape index (κ2) is 11.2. The first kappa shape index (κ1) is 28.2. The first-order valence-corrected chi connectivity index (χ1v) is 16.4. The largest absolute Gasteiger partial charge is 0.360 e. The van der Waals surface area contributed by atoms with Crippen molar-refractivity contribution in [2.24, 2.45) is 7.05 Å². The molecule has 0 saturated carbocycles. The van der Waals surface area contributed by atoms with Gasteiger partial charge in [-0.3, -0.25) is 9.48 Å². The van der Waals surface area contributed by atoms with Crippen LogP contribution in [0.15, 0.2) is 48.9 Å². The summed E-state index contributed by atoms with van der Waals surface area (Å²) >= 11 is 0. The molecule has 1 N–H and O–H groups in total. The summed E-state index contributed by atoms with van der Waals surface area (Å²) in [7, 11) is 2.74. The van der Waals surface area contributed by atoms with E-state index in [2.05, 4.69) is 34.1 Å². The summed E-state index contributed by atoms with van der Waals surface area (Å²) in [4.78, 5) is 14.9. The number of carbonyl (C=O) groups excluding carboxylic acids is 1. The summed E-state index contributed by atoms with van der Waals surface area (Å²) in [5.74, 6) is 0.830. The van der Waals surface area contributed by atoms with Crippen molar-refractivity contribution in [3.8, 4) is 11.1 Å². The number of fused-ring (bicyclic) bond motifs is 2. The molecular weight excluding hydrogens is 532 g/mol. The number of benzene rings is 2. The van der Waals surface area contributed by atoms with E-state index >= 15 is 0 Å². The number of carbonyl (C=O) groups is 1. The number of halogens is 2. The van der Waals surface area contributed by atoms with Crippen LogP contribution >= 0.6 is 10.0 Å². The lowest BCUT2D eigenvalue weighted by atomic mass is 9.92. The third-order valence-corrected chi connectivity index (χ3v) is 8.73. The first-order valence-electron chi connectivity index (χ1n) is 13.4. The number of alkyl halides is 2. The lowest BCUT2D eigenvalue weighted by Gasteiger charge is -2.32. The molecule has 0 unspecified atom stereocenters. The molecule has 0 bridgehead atoms. The predicted octanol–water partition coefficient (Wildman–Crippen LogP) is 6.09. The Morgan fingerprint density at radius 1 is 1.18 bits per heavy atom. The Hall–Kier alpha value is -3.37. The molecule has 214 valence electrons. The van der Waals surface area contributed by atoms with Gasteiger partial charge in [-0.05, 0) is 73.1 Å². The van der Waals surface area contributed by atoms with Gasteiger partial charge in [-0.25, -0.2) is 18.8 Å². The second-order valence-electron chi connectivity index (χ2n) is 11.2. The molecule has 1 aliphatic rings. The van der Waals surface area contributed by atoms with Crippen LogP contribution in [0.1, 0.15) is 34.3 Å². The Labute approximate surface area is 235 Å². The molecule has 0 atom stereocenters. The van der Waals surface area contributed by atoms with E-state index in [4.69, 9.17) is 4.74 Å². The van der Waals surface area contributed by atoms with Gasteiger partial charge >= 0.3 is 0 Å². The summed E-state index contributed by atoms with van der Waals surface area (Å²) in [5, 5.41) is 7.72. The number of aromatic nitrogens is 3. The lowest BCUT2D eigenvalue weighted by Crippen LogP contribution is -2.25. The minimum Gasteiger partial charge on any atom is -0.360 e. The van der Waals surface area contributed by atoms with E-state index in [1.807, 2.05) is 35.0 Å². The van der Waals surface area contributed by atoms with Gasteiger partial charge in [0.15, 0.2) is 0 Å². The molecule has 0 aliphatic carbocycles. The Morgan fingerprint density at radius 2 is 1.98 bits per heavy atom. The molecule has 5 rings (SSSR count). The minimum atomic E-state index is -2.62. The second-order valence-corrected chi connectivity index (χ2v) is 15.7. The fourth-order valence-corrected chi connectivity index (χ4v) is 5.87. The number of anilines is 2. The molecular formula is C30H37F2N5O2S. The van der Waals surface area contributed by atoms with Gasteiger partial charge in [-0.2, -0.15) is 5.10 Å². The molecule has 0 saturated heterocycles. The van der Waals surface area contributed by atoms with Crippen LogP contribution in [0.2, 0.25) is 0 Å². The summed E-state index contributed by atoms with van der Waals surface area (Å²) in [6, 6.07) is 9.49. The quantitative estimate of drug-likeness (QED) is 0.248. The van der Waals surface area contributed by atoms with E-state index in [0.717, 1.165) is 46.4 Å². The van der Waals surface area contributed by atoms with E-state index in [1.54, 1.807) is 37.2 Å². The van der Waals surface area contributed by atoms with Gasteiger partial charge in [0, 0.05) is 66.7 Å². The van der Waals surface area contributed by atoms with Gasteiger partial charge < -0.3 is 19.5 Å². The molecule has 0 radical (unpaired) electrons. The van der Waals surface area contributed by atoms with Crippen molar-refractivity contribution in [2.75, 3.05) is 49.6 Å². The summed E-state index contributed by atoms with van der Waals surface area (Å²) in [5.41, 5.74) is 5.31. The average molecular weight is 570 g/mol.